The Morgan fingerprint density at radius 3 is 2.83 bits per heavy atom. The molecule has 4 heteroatoms. The van der Waals surface area contributed by atoms with Gasteiger partial charge in [0, 0.05) is 19.1 Å². The molecule has 0 spiro atoms. The fourth-order valence-corrected chi connectivity index (χ4v) is 2.53. The lowest BCUT2D eigenvalue weighted by molar-refractivity contribution is -0.0659. The molecule has 2 unspecified atom stereocenters. The van der Waals surface area contributed by atoms with Crippen molar-refractivity contribution in [3.8, 4) is 0 Å². The van der Waals surface area contributed by atoms with Crippen LogP contribution in [-0.2, 0) is 4.74 Å². The van der Waals surface area contributed by atoms with Gasteiger partial charge in [0.15, 0.2) is 0 Å². The van der Waals surface area contributed by atoms with E-state index >= 15 is 0 Å². The number of hydrogen-bond acceptors (Lipinski definition) is 4. The first-order valence-electron chi connectivity index (χ1n) is 6.56. The first kappa shape index (κ1) is 13.5. The molecule has 1 saturated heterocycles. The number of aliphatic hydroxyl groups is 1. The SMILES string of the molecule is NCCC(c1ccccc1)N1CCOC(CO)C1. The molecule has 1 heterocycles. The topological polar surface area (TPSA) is 58.7 Å². The van der Waals surface area contributed by atoms with Gasteiger partial charge in [-0.25, -0.2) is 0 Å². The Morgan fingerprint density at radius 1 is 1.39 bits per heavy atom. The van der Waals surface area contributed by atoms with Gasteiger partial charge in [-0.1, -0.05) is 30.3 Å². The highest BCUT2D eigenvalue weighted by atomic mass is 16.5. The van der Waals surface area contributed by atoms with E-state index in [1.807, 2.05) is 6.07 Å². The molecule has 2 atom stereocenters. The quantitative estimate of drug-likeness (QED) is 0.810. The van der Waals surface area contributed by atoms with Crippen LogP contribution in [0, 0.1) is 0 Å². The van der Waals surface area contributed by atoms with Gasteiger partial charge in [-0.3, -0.25) is 4.90 Å². The normalized spacial score (nSPS) is 22.9. The minimum atomic E-state index is -0.0669. The summed E-state index contributed by atoms with van der Waals surface area (Å²) in [6, 6.07) is 10.8. The molecule has 1 fully saturated rings. The molecule has 3 N–H and O–H groups in total. The fourth-order valence-electron chi connectivity index (χ4n) is 2.53. The average molecular weight is 250 g/mol. The van der Waals surface area contributed by atoms with Crippen LogP contribution in [0.15, 0.2) is 30.3 Å². The number of nitrogens with zero attached hydrogens (tertiary/aromatic N) is 1. The first-order valence-corrected chi connectivity index (χ1v) is 6.56. The lowest BCUT2D eigenvalue weighted by Gasteiger charge is -2.38. The molecule has 0 saturated carbocycles. The Bertz CT molecular complexity index is 345. The molecule has 1 aromatic carbocycles. The number of aliphatic hydroxyl groups excluding tert-OH is 1. The van der Waals surface area contributed by atoms with Crippen molar-refractivity contribution in [2.75, 3.05) is 32.8 Å². The van der Waals surface area contributed by atoms with Crippen molar-refractivity contribution in [1.29, 1.82) is 0 Å². The lowest BCUT2D eigenvalue weighted by atomic mass is 10.0. The van der Waals surface area contributed by atoms with E-state index in [0.29, 0.717) is 19.2 Å². The number of nitrogens with two attached hydrogens (primary N) is 1. The average Bonchev–Trinajstić information content (AvgIpc) is 2.46. The predicted octanol–water partition coefficient (Wildman–Crippen LogP) is 0.770. The van der Waals surface area contributed by atoms with E-state index in [9.17, 15) is 5.11 Å². The molecule has 1 aromatic rings. The number of ether oxygens (including phenoxy) is 1. The van der Waals surface area contributed by atoms with Crippen LogP contribution in [-0.4, -0.2) is 49.0 Å². The van der Waals surface area contributed by atoms with E-state index in [2.05, 4.69) is 29.2 Å². The summed E-state index contributed by atoms with van der Waals surface area (Å²) in [5.41, 5.74) is 7.03. The summed E-state index contributed by atoms with van der Waals surface area (Å²) >= 11 is 0. The van der Waals surface area contributed by atoms with Gasteiger partial charge in [-0.2, -0.15) is 0 Å². The van der Waals surface area contributed by atoms with Crippen LogP contribution < -0.4 is 5.73 Å². The van der Waals surface area contributed by atoms with Gasteiger partial charge in [0.2, 0.25) is 0 Å². The lowest BCUT2D eigenvalue weighted by Crippen LogP contribution is -2.46. The number of rotatable bonds is 5. The van der Waals surface area contributed by atoms with E-state index in [1.54, 1.807) is 0 Å². The third-order valence-corrected chi connectivity index (χ3v) is 3.44. The molecule has 0 aromatic heterocycles. The fraction of sp³-hybridized carbons (Fsp3) is 0.571. The summed E-state index contributed by atoms with van der Waals surface area (Å²) in [7, 11) is 0. The third-order valence-electron chi connectivity index (χ3n) is 3.44. The molecule has 0 radical (unpaired) electrons. The highest BCUT2D eigenvalue weighted by Crippen LogP contribution is 2.25. The van der Waals surface area contributed by atoms with Crippen molar-refractivity contribution in [2.24, 2.45) is 5.73 Å². The van der Waals surface area contributed by atoms with Gasteiger partial charge in [-0.15, -0.1) is 0 Å². The zero-order valence-corrected chi connectivity index (χ0v) is 10.7. The van der Waals surface area contributed by atoms with Gasteiger partial charge in [0.1, 0.15) is 0 Å². The van der Waals surface area contributed by atoms with Crippen molar-refractivity contribution in [3.05, 3.63) is 35.9 Å². The zero-order chi connectivity index (χ0) is 12.8. The minimum Gasteiger partial charge on any atom is -0.394 e. The van der Waals surface area contributed by atoms with Crippen molar-refractivity contribution in [1.82, 2.24) is 4.90 Å². The maximum atomic E-state index is 9.21. The number of benzene rings is 1. The van der Waals surface area contributed by atoms with Crippen LogP contribution >= 0.6 is 0 Å². The molecule has 2 rings (SSSR count). The highest BCUT2D eigenvalue weighted by molar-refractivity contribution is 5.19. The minimum absolute atomic E-state index is 0.0669. The standard InChI is InChI=1S/C14H22N2O2/c15-7-6-14(12-4-2-1-3-5-12)16-8-9-18-13(10-16)11-17/h1-5,13-14,17H,6-11,15H2. The first-order chi connectivity index (χ1) is 8.85. The van der Waals surface area contributed by atoms with Crippen LogP contribution in [0.3, 0.4) is 0 Å². The summed E-state index contributed by atoms with van der Waals surface area (Å²) in [6.07, 6.45) is 0.866. The largest absolute Gasteiger partial charge is 0.394 e. The van der Waals surface area contributed by atoms with Gasteiger partial charge < -0.3 is 15.6 Å². The van der Waals surface area contributed by atoms with Crippen LogP contribution in [0.4, 0.5) is 0 Å². The molecule has 1 aliphatic rings. The summed E-state index contributed by atoms with van der Waals surface area (Å²) < 4.78 is 5.50. The van der Waals surface area contributed by atoms with Crippen molar-refractivity contribution < 1.29 is 9.84 Å². The molecule has 0 aliphatic carbocycles. The molecule has 18 heavy (non-hydrogen) atoms. The van der Waals surface area contributed by atoms with Crippen molar-refractivity contribution in [2.45, 2.75) is 18.6 Å². The Labute approximate surface area is 108 Å². The maximum Gasteiger partial charge on any atom is 0.0933 e. The van der Waals surface area contributed by atoms with E-state index in [-0.39, 0.29) is 12.7 Å². The van der Waals surface area contributed by atoms with E-state index in [1.165, 1.54) is 5.56 Å². The van der Waals surface area contributed by atoms with Crippen LogP contribution in [0.1, 0.15) is 18.0 Å². The molecular formula is C14H22N2O2. The summed E-state index contributed by atoms with van der Waals surface area (Å²) in [4.78, 5) is 2.37. The van der Waals surface area contributed by atoms with E-state index < -0.39 is 0 Å². The molecule has 4 nitrogen and oxygen atoms in total. The second-order valence-electron chi connectivity index (χ2n) is 4.67. The Morgan fingerprint density at radius 2 is 2.17 bits per heavy atom. The van der Waals surface area contributed by atoms with Gasteiger partial charge in [0.05, 0.1) is 19.3 Å². The molecule has 1 aliphatic heterocycles. The summed E-state index contributed by atoms with van der Waals surface area (Å²) in [5, 5.41) is 9.21. The predicted molar refractivity (Wildman–Crippen MR) is 71.3 cm³/mol. The van der Waals surface area contributed by atoms with Crippen molar-refractivity contribution >= 4 is 0 Å². The molecule has 100 valence electrons. The van der Waals surface area contributed by atoms with E-state index in [0.717, 1.165) is 19.5 Å². The maximum absolute atomic E-state index is 9.21. The number of hydrogen-bond donors (Lipinski definition) is 2. The van der Waals surface area contributed by atoms with Crippen LogP contribution in [0.2, 0.25) is 0 Å². The second kappa shape index (κ2) is 6.85. The van der Waals surface area contributed by atoms with Crippen LogP contribution in [0.5, 0.6) is 0 Å². The van der Waals surface area contributed by atoms with Crippen molar-refractivity contribution in [3.63, 3.8) is 0 Å². The van der Waals surface area contributed by atoms with E-state index in [4.69, 9.17) is 10.5 Å². The van der Waals surface area contributed by atoms with Crippen LogP contribution in [0.25, 0.3) is 0 Å². The molecule has 0 bridgehead atoms. The summed E-state index contributed by atoms with van der Waals surface area (Å²) in [5.74, 6) is 0. The smallest absolute Gasteiger partial charge is 0.0933 e. The van der Waals surface area contributed by atoms with Gasteiger partial charge in [0.25, 0.3) is 0 Å². The number of morpholine rings is 1. The highest BCUT2D eigenvalue weighted by Gasteiger charge is 2.26. The Hall–Kier alpha value is -0.940. The zero-order valence-electron chi connectivity index (χ0n) is 10.7. The summed E-state index contributed by atoms with van der Waals surface area (Å²) in [6.45, 7) is 3.10. The molecule has 0 amide bonds. The van der Waals surface area contributed by atoms with Gasteiger partial charge in [-0.05, 0) is 18.5 Å². The second-order valence-corrected chi connectivity index (χ2v) is 4.67. The monoisotopic (exact) mass is 250 g/mol. The van der Waals surface area contributed by atoms with Gasteiger partial charge >= 0.3 is 0 Å². The Balaban J connectivity index is 2.09. The molecular weight excluding hydrogens is 228 g/mol. The Kier molecular flexibility index (Phi) is 5.13. The third kappa shape index (κ3) is 3.29.